The number of hydrogen-bond acceptors (Lipinski definition) is 5. The number of methoxy groups -OCH3 is 1. The van der Waals surface area contributed by atoms with E-state index in [0.29, 0.717) is 18.7 Å². The number of aromatic amines is 1. The van der Waals surface area contributed by atoms with Gasteiger partial charge in [0, 0.05) is 6.61 Å². The van der Waals surface area contributed by atoms with E-state index in [1.54, 1.807) is 18.0 Å². The van der Waals surface area contributed by atoms with Gasteiger partial charge in [0.2, 0.25) is 0 Å². The SMILES string of the molecule is COc1ccc(Cn2c(=O)[nH]c(=O)c3nn(C4CCCCO4)cc32)cc1. The minimum atomic E-state index is -0.481. The highest BCUT2D eigenvalue weighted by molar-refractivity contribution is 5.72. The molecule has 1 saturated heterocycles. The molecule has 3 aromatic rings. The molecule has 0 spiro atoms. The normalized spacial score (nSPS) is 17.5. The molecule has 1 aromatic carbocycles. The summed E-state index contributed by atoms with van der Waals surface area (Å²) < 4.78 is 14.1. The van der Waals surface area contributed by atoms with Crippen molar-refractivity contribution in [3.05, 3.63) is 56.9 Å². The van der Waals surface area contributed by atoms with Crippen LogP contribution in [0.5, 0.6) is 5.75 Å². The standard InChI is InChI=1S/C18H20N4O4/c1-25-13-7-5-12(6-8-13)10-21-14-11-22(15-4-2-3-9-26-15)20-16(14)17(23)19-18(21)24/h5-8,11,15H,2-4,9-10H2,1H3,(H,19,23,24). The molecule has 1 aliphatic heterocycles. The Kier molecular flexibility index (Phi) is 4.34. The Bertz CT molecular complexity index is 1030. The molecular formula is C18H20N4O4. The average molecular weight is 356 g/mol. The maximum Gasteiger partial charge on any atom is 0.329 e. The second-order valence-electron chi connectivity index (χ2n) is 6.36. The smallest absolute Gasteiger partial charge is 0.329 e. The van der Waals surface area contributed by atoms with Gasteiger partial charge in [-0.25, -0.2) is 9.48 Å². The summed E-state index contributed by atoms with van der Waals surface area (Å²) in [4.78, 5) is 26.9. The van der Waals surface area contributed by atoms with Gasteiger partial charge in [-0.3, -0.25) is 14.3 Å². The van der Waals surface area contributed by atoms with Gasteiger partial charge in [0.1, 0.15) is 12.0 Å². The molecule has 4 rings (SSSR count). The average Bonchev–Trinajstić information content (AvgIpc) is 3.12. The van der Waals surface area contributed by atoms with Crippen molar-refractivity contribution in [2.75, 3.05) is 13.7 Å². The summed E-state index contributed by atoms with van der Waals surface area (Å²) in [5.74, 6) is 0.745. The molecule has 0 amide bonds. The van der Waals surface area contributed by atoms with Crippen LogP contribution in [0.2, 0.25) is 0 Å². The quantitative estimate of drug-likeness (QED) is 0.767. The minimum Gasteiger partial charge on any atom is -0.497 e. The van der Waals surface area contributed by atoms with Crippen LogP contribution in [0.3, 0.4) is 0 Å². The number of fused-ring (bicyclic) bond motifs is 1. The molecule has 1 unspecified atom stereocenters. The second kappa shape index (κ2) is 6.80. The lowest BCUT2D eigenvalue weighted by molar-refractivity contribution is -0.0391. The molecule has 0 aliphatic carbocycles. The van der Waals surface area contributed by atoms with E-state index in [9.17, 15) is 9.59 Å². The molecule has 8 heteroatoms. The van der Waals surface area contributed by atoms with Gasteiger partial charge in [-0.1, -0.05) is 12.1 Å². The zero-order valence-corrected chi connectivity index (χ0v) is 14.5. The van der Waals surface area contributed by atoms with Crippen LogP contribution in [0.1, 0.15) is 31.1 Å². The number of H-pyrrole nitrogens is 1. The van der Waals surface area contributed by atoms with Gasteiger partial charge >= 0.3 is 5.69 Å². The fourth-order valence-electron chi connectivity index (χ4n) is 3.22. The van der Waals surface area contributed by atoms with Crippen molar-refractivity contribution < 1.29 is 9.47 Å². The maximum absolute atomic E-state index is 12.4. The van der Waals surface area contributed by atoms with Crippen LogP contribution < -0.4 is 16.0 Å². The van der Waals surface area contributed by atoms with Crippen LogP contribution in [0.25, 0.3) is 11.0 Å². The number of nitrogens with one attached hydrogen (secondary N) is 1. The van der Waals surface area contributed by atoms with E-state index in [-0.39, 0.29) is 11.7 Å². The van der Waals surface area contributed by atoms with Crippen LogP contribution in [0.4, 0.5) is 0 Å². The summed E-state index contributed by atoms with van der Waals surface area (Å²) in [7, 11) is 1.60. The lowest BCUT2D eigenvalue weighted by atomic mass is 10.2. The largest absolute Gasteiger partial charge is 0.497 e. The third-order valence-electron chi connectivity index (χ3n) is 4.63. The van der Waals surface area contributed by atoms with E-state index in [2.05, 4.69) is 10.1 Å². The van der Waals surface area contributed by atoms with Crippen LogP contribution >= 0.6 is 0 Å². The van der Waals surface area contributed by atoms with Gasteiger partial charge in [0.25, 0.3) is 5.56 Å². The first-order valence-electron chi connectivity index (χ1n) is 8.62. The van der Waals surface area contributed by atoms with E-state index in [1.807, 2.05) is 24.3 Å². The van der Waals surface area contributed by atoms with E-state index >= 15 is 0 Å². The molecule has 2 aromatic heterocycles. The molecule has 3 heterocycles. The van der Waals surface area contributed by atoms with Crippen LogP contribution in [0, 0.1) is 0 Å². The van der Waals surface area contributed by atoms with Crippen molar-refractivity contribution in [3.8, 4) is 5.75 Å². The summed E-state index contributed by atoms with van der Waals surface area (Å²) in [6.07, 6.45) is 4.45. The maximum atomic E-state index is 12.4. The van der Waals surface area contributed by atoms with Crippen molar-refractivity contribution in [1.82, 2.24) is 19.3 Å². The third-order valence-corrected chi connectivity index (χ3v) is 4.63. The molecule has 1 atom stereocenters. The minimum absolute atomic E-state index is 0.194. The summed E-state index contributed by atoms with van der Waals surface area (Å²) in [6.45, 7) is 1.00. The predicted octanol–water partition coefficient (Wildman–Crippen LogP) is 1.64. The molecule has 136 valence electrons. The number of benzene rings is 1. The van der Waals surface area contributed by atoms with Crippen molar-refractivity contribution in [1.29, 1.82) is 0 Å². The molecule has 1 fully saturated rings. The Morgan fingerprint density at radius 2 is 2.08 bits per heavy atom. The van der Waals surface area contributed by atoms with Gasteiger partial charge in [0.05, 0.1) is 25.4 Å². The Hall–Kier alpha value is -2.87. The highest BCUT2D eigenvalue weighted by atomic mass is 16.5. The molecule has 0 bridgehead atoms. The first kappa shape index (κ1) is 16.6. The Balaban J connectivity index is 1.76. The monoisotopic (exact) mass is 356 g/mol. The Morgan fingerprint density at radius 1 is 1.27 bits per heavy atom. The lowest BCUT2D eigenvalue weighted by Crippen LogP contribution is -2.30. The van der Waals surface area contributed by atoms with Gasteiger partial charge in [0.15, 0.2) is 5.52 Å². The third kappa shape index (κ3) is 3.03. The molecule has 1 aliphatic rings. The fraction of sp³-hybridized carbons (Fsp3) is 0.389. The van der Waals surface area contributed by atoms with Crippen molar-refractivity contribution >= 4 is 11.0 Å². The first-order valence-corrected chi connectivity index (χ1v) is 8.62. The number of hydrogen-bond donors (Lipinski definition) is 1. The Labute approximate surface area is 149 Å². The second-order valence-corrected chi connectivity index (χ2v) is 6.36. The highest BCUT2D eigenvalue weighted by Crippen LogP contribution is 2.23. The molecule has 0 saturated carbocycles. The van der Waals surface area contributed by atoms with E-state index in [4.69, 9.17) is 9.47 Å². The molecule has 26 heavy (non-hydrogen) atoms. The summed E-state index contributed by atoms with van der Waals surface area (Å²) in [6, 6.07) is 7.44. The van der Waals surface area contributed by atoms with E-state index in [1.165, 1.54) is 4.57 Å². The highest BCUT2D eigenvalue weighted by Gasteiger charge is 2.20. The van der Waals surface area contributed by atoms with Gasteiger partial charge in [-0.05, 0) is 37.0 Å². The van der Waals surface area contributed by atoms with Crippen LogP contribution in [-0.2, 0) is 11.3 Å². The Morgan fingerprint density at radius 3 is 2.77 bits per heavy atom. The molecule has 8 nitrogen and oxygen atoms in total. The first-order chi connectivity index (χ1) is 12.7. The topological polar surface area (TPSA) is 91.1 Å². The summed E-state index contributed by atoms with van der Waals surface area (Å²) >= 11 is 0. The number of ether oxygens (including phenoxy) is 2. The number of nitrogens with zero attached hydrogens (tertiary/aromatic N) is 3. The summed E-state index contributed by atoms with van der Waals surface area (Å²) in [5.41, 5.74) is 0.729. The number of rotatable bonds is 4. The predicted molar refractivity (Wildman–Crippen MR) is 95.5 cm³/mol. The molecule has 1 N–H and O–H groups in total. The van der Waals surface area contributed by atoms with Gasteiger partial charge in [-0.15, -0.1) is 0 Å². The summed E-state index contributed by atoms with van der Waals surface area (Å²) in [5, 5.41) is 4.37. The van der Waals surface area contributed by atoms with Crippen LogP contribution in [0.15, 0.2) is 40.1 Å². The van der Waals surface area contributed by atoms with E-state index in [0.717, 1.165) is 30.6 Å². The van der Waals surface area contributed by atoms with Crippen molar-refractivity contribution in [2.24, 2.45) is 0 Å². The van der Waals surface area contributed by atoms with Gasteiger partial charge < -0.3 is 9.47 Å². The van der Waals surface area contributed by atoms with Crippen LogP contribution in [-0.4, -0.2) is 33.0 Å². The lowest BCUT2D eigenvalue weighted by Gasteiger charge is -2.22. The van der Waals surface area contributed by atoms with Gasteiger partial charge in [-0.2, -0.15) is 5.10 Å². The zero-order chi connectivity index (χ0) is 18.1. The number of aromatic nitrogens is 4. The molecule has 0 radical (unpaired) electrons. The zero-order valence-electron chi connectivity index (χ0n) is 14.5. The fourth-order valence-corrected chi connectivity index (χ4v) is 3.22. The van der Waals surface area contributed by atoms with E-state index < -0.39 is 11.2 Å². The van der Waals surface area contributed by atoms with Crippen molar-refractivity contribution in [2.45, 2.75) is 32.0 Å². The van der Waals surface area contributed by atoms with Crippen molar-refractivity contribution in [3.63, 3.8) is 0 Å². The molecular weight excluding hydrogens is 336 g/mol.